The number of nitrogens with one attached hydrogen (secondary N) is 2. The van der Waals surface area contributed by atoms with Gasteiger partial charge in [0.25, 0.3) is 11.8 Å². The van der Waals surface area contributed by atoms with Gasteiger partial charge < -0.3 is 10.6 Å². The normalized spacial score (nSPS) is 13.0. The van der Waals surface area contributed by atoms with Crippen LogP contribution in [0, 0.1) is 0 Å². The molecule has 5 heteroatoms. The van der Waals surface area contributed by atoms with Crippen molar-refractivity contribution < 1.29 is 9.59 Å². The highest BCUT2D eigenvalue weighted by atomic mass is 16.2. The summed E-state index contributed by atoms with van der Waals surface area (Å²) in [4.78, 5) is 28.2. The first-order valence-corrected chi connectivity index (χ1v) is 12.3. The number of hydrogen-bond acceptors (Lipinski definition) is 3. The molecule has 1 aliphatic rings. The second-order valence-corrected chi connectivity index (χ2v) is 9.09. The molecule has 0 unspecified atom stereocenters. The van der Waals surface area contributed by atoms with Gasteiger partial charge in [-0.1, -0.05) is 78.9 Å². The SMILES string of the molecule is O=C(Nc1ccccc1C(=O)NCc1ccccc1)c1ccc(CN2CCc3ccccc3C2)cc1. The third-order valence-electron chi connectivity index (χ3n) is 6.55. The number of para-hydroxylation sites is 1. The van der Waals surface area contributed by atoms with Gasteiger partial charge in [-0.2, -0.15) is 0 Å². The summed E-state index contributed by atoms with van der Waals surface area (Å²) >= 11 is 0. The molecule has 0 bridgehead atoms. The monoisotopic (exact) mass is 475 g/mol. The van der Waals surface area contributed by atoms with E-state index < -0.39 is 0 Å². The van der Waals surface area contributed by atoms with Crippen molar-refractivity contribution in [3.8, 4) is 0 Å². The van der Waals surface area contributed by atoms with E-state index in [4.69, 9.17) is 0 Å². The molecule has 1 heterocycles. The van der Waals surface area contributed by atoms with Crippen molar-refractivity contribution >= 4 is 17.5 Å². The first kappa shape index (κ1) is 23.5. The highest BCUT2D eigenvalue weighted by molar-refractivity contribution is 6.09. The Morgan fingerprint density at radius 3 is 2.19 bits per heavy atom. The van der Waals surface area contributed by atoms with E-state index in [0.29, 0.717) is 23.4 Å². The van der Waals surface area contributed by atoms with Gasteiger partial charge in [-0.05, 0) is 52.9 Å². The van der Waals surface area contributed by atoms with Crippen molar-refractivity contribution in [2.75, 3.05) is 11.9 Å². The summed E-state index contributed by atoms with van der Waals surface area (Å²) in [6, 6.07) is 33.1. The van der Waals surface area contributed by atoms with Crippen LogP contribution in [-0.2, 0) is 26.1 Å². The summed E-state index contributed by atoms with van der Waals surface area (Å²) in [7, 11) is 0. The second kappa shape index (κ2) is 11.0. The van der Waals surface area contributed by atoms with E-state index in [-0.39, 0.29) is 11.8 Å². The van der Waals surface area contributed by atoms with Crippen LogP contribution >= 0.6 is 0 Å². The summed E-state index contributed by atoms with van der Waals surface area (Å²) in [6.45, 7) is 3.25. The molecule has 0 fully saturated rings. The third kappa shape index (κ3) is 5.70. The fourth-order valence-electron chi connectivity index (χ4n) is 4.57. The van der Waals surface area contributed by atoms with Gasteiger partial charge in [-0.3, -0.25) is 14.5 Å². The van der Waals surface area contributed by atoms with E-state index in [9.17, 15) is 9.59 Å². The molecule has 0 atom stereocenters. The van der Waals surface area contributed by atoms with Gasteiger partial charge in [0.1, 0.15) is 0 Å². The highest BCUT2D eigenvalue weighted by Crippen LogP contribution is 2.21. The van der Waals surface area contributed by atoms with Crippen molar-refractivity contribution in [1.82, 2.24) is 10.2 Å². The van der Waals surface area contributed by atoms with Crippen LogP contribution in [-0.4, -0.2) is 23.3 Å². The molecule has 2 N–H and O–H groups in total. The number of hydrogen-bond donors (Lipinski definition) is 2. The minimum atomic E-state index is -0.239. The third-order valence-corrected chi connectivity index (χ3v) is 6.55. The topological polar surface area (TPSA) is 61.4 Å². The van der Waals surface area contributed by atoms with Crippen molar-refractivity contribution in [2.45, 2.75) is 26.1 Å². The van der Waals surface area contributed by atoms with E-state index >= 15 is 0 Å². The minimum Gasteiger partial charge on any atom is -0.348 e. The van der Waals surface area contributed by atoms with E-state index in [1.54, 1.807) is 18.2 Å². The number of nitrogens with zero attached hydrogens (tertiary/aromatic N) is 1. The van der Waals surface area contributed by atoms with Crippen molar-refractivity contribution in [2.24, 2.45) is 0 Å². The van der Waals surface area contributed by atoms with Crippen molar-refractivity contribution in [1.29, 1.82) is 0 Å². The molecular weight excluding hydrogens is 446 g/mol. The zero-order chi connectivity index (χ0) is 24.7. The second-order valence-electron chi connectivity index (χ2n) is 9.09. The number of amides is 2. The molecule has 0 saturated carbocycles. The van der Waals surface area contributed by atoms with Gasteiger partial charge in [-0.25, -0.2) is 0 Å². The van der Waals surface area contributed by atoms with Crippen molar-refractivity contribution in [3.63, 3.8) is 0 Å². The van der Waals surface area contributed by atoms with Crippen LogP contribution in [0.15, 0.2) is 103 Å². The van der Waals surface area contributed by atoms with Gasteiger partial charge in [0, 0.05) is 31.7 Å². The lowest BCUT2D eigenvalue weighted by atomic mass is 9.99. The first-order chi connectivity index (χ1) is 17.7. The van der Waals surface area contributed by atoms with E-state index in [1.165, 1.54) is 16.7 Å². The van der Waals surface area contributed by atoms with Crippen LogP contribution in [0.3, 0.4) is 0 Å². The Morgan fingerprint density at radius 1 is 0.694 bits per heavy atom. The number of anilines is 1. The number of carbonyl (C=O) groups is 2. The summed E-state index contributed by atoms with van der Waals surface area (Å²) in [5.41, 5.74) is 6.50. The molecule has 0 saturated heterocycles. The van der Waals surface area contributed by atoms with Gasteiger partial charge in [0.2, 0.25) is 0 Å². The maximum atomic E-state index is 13.0. The lowest BCUT2D eigenvalue weighted by molar-refractivity contribution is 0.0952. The smallest absolute Gasteiger partial charge is 0.255 e. The molecule has 4 aromatic rings. The molecule has 2 amide bonds. The Labute approximate surface area is 211 Å². The zero-order valence-electron chi connectivity index (χ0n) is 20.1. The lowest BCUT2D eigenvalue weighted by Crippen LogP contribution is -2.30. The summed E-state index contributed by atoms with van der Waals surface area (Å²) < 4.78 is 0. The predicted octanol–water partition coefficient (Wildman–Crippen LogP) is 5.43. The molecule has 0 aliphatic carbocycles. The molecule has 1 aliphatic heterocycles. The maximum Gasteiger partial charge on any atom is 0.255 e. The molecular formula is C31H29N3O2. The summed E-state index contributed by atoms with van der Waals surface area (Å²) in [5.74, 6) is -0.468. The number of fused-ring (bicyclic) bond motifs is 1. The van der Waals surface area contributed by atoms with Crippen LogP contribution in [0.25, 0.3) is 0 Å². The van der Waals surface area contributed by atoms with Gasteiger partial charge in [0.05, 0.1) is 11.3 Å². The maximum absolute atomic E-state index is 13.0. The van der Waals surface area contributed by atoms with Crippen LogP contribution in [0.1, 0.15) is 43.0 Å². The fraction of sp³-hybridized carbons (Fsp3) is 0.161. The average molecular weight is 476 g/mol. The number of carbonyl (C=O) groups excluding carboxylic acids is 2. The fourth-order valence-corrected chi connectivity index (χ4v) is 4.57. The van der Waals surface area contributed by atoms with Crippen molar-refractivity contribution in [3.05, 3.63) is 137 Å². The Balaban J connectivity index is 1.20. The van der Waals surface area contributed by atoms with Gasteiger partial charge >= 0.3 is 0 Å². The molecule has 0 spiro atoms. The molecule has 4 aromatic carbocycles. The molecule has 5 nitrogen and oxygen atoms in total. The lowest BCUT2D eigenvalue weighted by Gasteiger charge is -2.28. The predicted molar refractivity (Wildman–Crippen MR) is 143 cm³/mol. The number of rotatable bonds is 7. The molecule has 0 aromatic heterocycles. The molecule has 5 rings (SSSR count). The number of benzene rings is 4. The van der Waals surface area contributed by atoms with E-state index in [1.807, 2.05) is 60.7 Å². The van der Waals surface area contributed by atoms with Gasteiger partial charge in [-0.15, -0.1) is 0 Å². The Morgan fingerprint density at radius 2 is 1.39 bits per heavy atom. The molecule has 180 valence electrons. The van der Waals surface area contributed by atoms with Crippen LogP contribution < -0.4 is 10.6 Å². The quantitative estimate of drug-likeness (QED) is 0.375. The average Bonchev–Trinajstić information content (AvgIpc) is 2.93. The zero-order valence-corrected chi connectivity index (χ0v) is 20.1. The Kier molecular flexibility index (Phi) is 7.20. The summed E-state index contributed by atoms with van der Waals surface area (Å²) in [5, 5.41) is 5.83. The highest BCUT2D eigenvalue weighted by Gasteiger charge is 2.17. The van der Waals surface area contributed by atoms with Crippen LogP contribution in [0.5, 0.6) is 0 Å². The molecule has 36 heavy (non-hydrogen) atoms. The van der Waals surface area contributed by atoms with Crippen LogP contribution in [0.2, 0.25) is 0 Å². The van der Waals surface area contributed by atoms with E-state index in [2.05, 4.69) is 39.8 Å². The largest absolute Gasteiger partial charge is 0.348 e. The van der Waals surface area contributed by atoms with Gasteiger partial charge in [0.15, 0.2) is 0 Å². The van der Waals surface area contributed by atoms with E-state index in [0.717, 1.165) is 31.6 Å². The Bertz CT molecular complexity index is 1350. The standard InChI is InChI=1S/C31H29N3O2/c35-30(33-29-13-7-6-12-28(29)31(36)32-20-23-8-2-1-3-9-23)26-16-14-24(15-17-26)21-34-19-18-25-10-4-5-11-27(25)22-34/h1-17H,18-22H2,(H,32,36)(H,33,35). The van der Waals surface area contributed by atoms with Crippen LogP contribution in [0.4, 0.5) is 5.69 Å². The summed E-state index contributed by atoms with van der Waals surface area (Å²) in [6.07, 6.45) is 1.06. The first-order valence-electron chi connectivity index (χ1n) is 12.3. The minimum absolute atomic E-state index is 0.229. The Hall–Kier alpha value is -4.22. The molecule has 0 radical (unpaired) electrons.